The molecule has 0 aliphatic rings. The molecule has 0 aromatic heterocycles. The number of esters is 1. The number of carbonyl (C=O) groups is 1. The summed E-state index contributed by atoms with van der Waals surface area (Å²) >= 11 is 3.07. The first kappa shape index (κ1) is 15.9. The number of hydrogen-bond donors (Lipinski definition) is 0. The van der Waals surface area contributed by atoms with Crippen LogP contribution in [-0.2, 0) is 9.53 Å². The zero-order chi connectivity index (χ0) is 15.3. The third kappa shape index (κ3) is 3.42. The first-order valence-corrected chi connectivity index (χ1v) is 6.44. The number of nitro groups is 1. The zero-order valence-corrected chi connectivity index (χ0v) is 12.4. The molecule has 0 unspecified atom stereocenters. The van der Waals surface area contributed by atoms with E-state index in [0.717, 1.165) is 0 Å². The predicted octanol–water partition coefficient (Wildman–Crippen LogP) is 3.22. The maximum absolute atomic E-state index is 11.6. The van der Waals surface area contributed by atoms with Crippen LogP contribution in [0.25, 0.3) is 5.57 Å². The quantitative estimate of drug-likeness (QED) is 0.276. The lowest BCUT2D eigenvalue weighted by Crippen LogP contribution is -2.08. The van der Waals surface area contributed by atoms with Crippen molar-refractivity contribution in [2.75, 3.05) is 6.61 Å². The summed E-state index contributed by atoms with van der Waals surface area (Å²) in [5, 5.41) is 19.9. The third-order valence-electron chi connectivity index (χ3n) is 2.54. The van der Waals surface area contributed by atoms with Crippen LogP contribution in [0.2, 0.25) is 0 Å². The fraction of sp³-hybridized carbons (Fsp3) is 0.231. The maximum Gasteiger partial charge on any atom is 0.349 e. The third-order valence-corrected chi connectivity index (χ3v) is 3.21. The number of nitriles is 1. The average molecular weight is 339 g/mol. The summed E-state index contributed by atoms with van der Waals surface area (Å²) in [5.41, 5.74) is 0.456. The van der Waals surface area contributed by atoms with E-state index in [4.69, 9.17) is 10.00 Å². The minimum Gasteiger partial charge on any atom is -0.462 e. The van der Waals surface area contributed by atoms with Crippen LogP contribution >= 0.6 is 15.9 Å². The van der Waals surface area contributed by atoms with Gasteiger partial charge in [0.1, 0.15) is 11.6 Å². The molecule has 104 valence electrons. The molecule has 0 atom stereocenters. The fourth-order valence-electron chi connectivity index (χ4n) is 1.52. The second-order valence-electron chi connectivity index (χ2n) is 3.76. The molecule has 0 radical (unpaired) electrons. The van der Waals surface area contributed by atoms with Crippen LogP contribution in [0.4, 0.5) is 5.69 Å². The van der Waals surface area contributed by atoms with Crippen LogP contribution in [-0.4, -0.2) is 17.5 Å². The number of carbonyl (C=O) groups excluding carboxylic acids is 1. The van der Waals surface area contributed by atoms with E-state index in [-0.39, 0.29) is 17.9 Å². The SMILES string of the molecule is CCOC(=O)C(C#N)=C(C)c1ccc(Br)c([N+](=O)[O-])c1. The Labute approximate surface area is 123 Å². The molecule has 0 aliphatic heterocycles. The first-order chi connectivity index (χ1) is 9.42. The number of benzene rings is 1. The van der Waals surface area contributed by atoms with Gasteiger partial charge in [0.25, 0.3) is 5.69 Å². The molecule has 0 amide bonds. The highest BCUT2D eigenvalue weighted by Gasteiger charge is 2.18. The smallest absolute Gasteiger partial charge is 0.349 e. The molecular weight excluding hydrogens is 328 g/mol. The normalized spacial score (nSPS) is 11.3. The minimum absolute atomic E-state index is 0.136. The molecule has 0 N–H and O–H groups in total. The molecule has 0 heterocycles. The van der Waals surface area contributed by atoms with Crippen molar-refractivity contribution in [3.63, 3.8) is 0 Å². The molecule has 0 saturated carbocycles. The Balaban J connectivity index is 3.35. The van der Waals surface area contributed by atoms with Gasteiger partial charge in [-0.25, -0.2) is 4.79 Å². The van der Waals surface area contributed by atoms with Gasteiger partial charge in [-0.15, -0.1) is 0 Å². The van der Waals surface area contributed by atoms with Crippen LogP contribution < -0.4 is 0 Å². The van der Waals surface area contributed by atoms with E-state index in [1.54, 1.807) is 26.0 Å². The highest BCUT2D eigenvalue weighted by molar-refractivity contribution is 9.10. The van der Waals surface area contributed by atoms with Gasteiger partial charge in [0.05, 0.1) is 16.0 Å². The molecule has 1 aromatic rings. The molecular formula is C13H11BrN2O4. The van der Waals surface area contributed by atoms with Gasteiger partial charge in [0.2, 0.25) is 0 Å². The molecule has 0 fully saturated rings. The minimum atomic E-state index is -0.738. The predicted molar refractivity (Wildman–Crippen MR) is 75.6 cm³/mol. The summed E-state index contributed by atoms with van der Waals surface area (Å²) in [7, 11) is 0. The number of hydrogen-bond acceptors (Lipinski definition) is 5. The lowest BCUT2D eigenvalue weighted by atomic mass is 10.0. The van der Waals surface area contributed by atoms with Crippen molar-refractivity contribution in [1.82, 2.24) is 0 Å². The van der Waals surface area contributed by atoms with Crippen LogP contribution in [0.1, 0.15) is 19.4 Å². The molecule has 0 saturated heterocycles. The second-order valence-corrected chi connectivity index (χ2v) is 4.61. The van der Waals surface area contributed by atoms with Crippen molar-refractivity contribution in [1.29, 1.82) is 5.26 Å². The van der Waals surface area contributed by atoms with Crippen molar-refractivity contribution in [2.45, 2.75) is 13.8 Å². The van der Waals surface area contributed by atoms with E-state index >= 15 is 0 Å². The summed E-state index contributed by atoms with van der Waals surface area (Å²) in [6, 6.07) is 6.16. The Morgan fingerprint density at radius 1 is 1.55 bits per heavy atom. The molecule has 0 spiro atoms. The molecule has 1 rings (SSSR count). The van der Waals surface area contributed by atoms with E-state index in [1.165, 1.54) is 12.1 Å². The Hall–Kier alpha value is -2.20. The van der Waals surface area contributed by atoms with Gasteiger partial charge in [-0.2, -0.15) is 5.26 Å². The summed E-state index contributed by atoms with van der Waals surface area (Å²) in [5.74, 6) is -0.738. The van der Waals surface area contributed by atoms with Crippen LogP contribution in [0.15, 0.2) is 28.2 Å². The van der Waals surface area contributed by atoms with E-state index in [1.807, 2.05) is 0 Å². The largest absolute Gasteiger partial charge is 0.462 e. The van der Waals surface area contributed by atoms with Crippen molar-refractivity contribution < 1.29 is 14.5 Å². The van der Waals surface area contributed by atoms with Crippen LogP contribution in [0.5, 0.6) is 0 Å². The molecule has 0 aliphatic carbocycles. The maximum atomic E-state index is 11.6. The van der Waals surface area contributed by atoms with E-state index in [9.17, 15) is 14.9 Å². The van der Waals surface area contributed by atoms with E-state index in [0.29, 0.717) is 15.6 Å². The molecule has 20 heavy (non-hydrogen) atoms. The number of halogens is 1. The first-order valence-electron chi connectivity index (χ1n) is 5.64. The monoisotopic (exact) mass is 338 g/mol. The lowest BCUT2D eigenvalue weighted by Gasteiger charge is -2.06. The number of rotatable bonds is 4. The number of ether oxygens (including phenoxy) is 1. The van der Waals surface area contributed by atoms with E-state index < -0.39 is 10.9 Å². The zero-order valence-electron chi connectivity index (χ0n) is 10.8. The summed E-state index contributed by atoms with van der Waals surface area (Å²) in [6.45, 7) is 3.33. The van der Waals surface area contributed by atoms with Gasteiger partial charge < -0.3 is 4.74 Å². The standard InChI is InChI=1S/C13H11BrN2O4/c1-3-20-13(17)10(7-15)8(2)9-4-5-11(14)12(6-9)16(18)19/h4-6H,3H2,1-2H3. The van der Waals surface area contributed by atoms with Crippen molar-refractivity contribution in [3.05, 3.63) is 43.9 Å². The van der Waals surface area contributed by atoms with Gasteiger partial charge in [0.15, 0.2) is 0 Å². The van der Waals surface area contributed by atoms with E-state index in [2.05, 4.69) is 15.9 Å². The van der Waals surface area contributed by atoms with Gasteiger partial charge in [-0.05, 0) is 47.0 Å². The average Bonchev–Trinajstić information content (AvgIpc) is 2.39. The Morgan fingerprint density at radius 2 is 2.20 bits per heavy atom. The Morgan fingerprint density at radius 3 is 2.70 bits per heavy atom. The molecule has 0 bridgehead atoms. The highest BCUT2D eigenvalue weighted by atomic mass is 79.9. The van der Waals surface area contributed by atoms with Crippen molar-refractivity contribution in [3.8, 4) is 6.07 Å². The lowest BCUT2D eigenvalue weighted by molar-refractivity contribution is -0.385. The highest BCUT2D eigenvalue weighted by Crippen LogP contribution is 2.29. The summed E-state index contributed by atoms with van der Waals surface area (Å²) < 4.78 is 5.10. The number of nitrogens with zero attached hydrogens (tertiary/aromatic N) is 2. The molecule has 1 aromatic carbocycles. The Kier molecular flexibility index (Phi) is 5.41. The van der Waals surface area contributed by atoms with Crippen molar-refractivity contribution >= 4 is 33.2 Å². The topological polar surface area (TPSA) is 93.2 Å². The molecule has 7 heteroatoms. The Bertz CT molecular complexity index is 632. The van der Waals surface area contributed by atoms with Gasteiger partial charge in [-0.3, -0.25) is 10.1 Å². The molecule has 6 nitrogen and oxygen atoms in total. The summed E-state index contributed by atoms with van der Waals surface area (Å²) in [4.78, 5) is 22.0. The van der Waals surface area contributed by atoms with Gasteiger partial charge in [0, 0.05) is 6.07 Å². The fourth-order valence-corrected chi connectivity index (χ4v) is 1.91. The number of allylic oxidation sites excluding steroid dienone is 1. The summed E-state index contributed by atoms with van der Waals surface area (Å²) in [6.07, 6.45) is 0. The van der Waals surface area contributed by atoms with Crippen LogP contribution in [0, 0.1) is 21.4 Å². The number of nitro benzene ring substituents is 1. The van der Waals surface area contributed by atoms with Crippen molar-refractivity contribution in [2.24, 2.45) is 0 Å². The van der Waals surface area contributed by atoms with Gasteiger partial charge in [-0.1, -0.05) is 6.07 Å². The second kappa shape index (κ2) is 6.82. The van der Waals surface area contributed by atoms with Crippen LogP contribution in [0.3, 0.4) is 0 Å². The van der Waals surface area contributed by atoms with Gasteiger partial charge >= 0.3 is 5.97 Å².